The van der Waals surface area contributed by atoms with E-state index in [0.717, 1.165) is 18.2 Å². The highest BCUT2D eigenvalue weighted by Gasteiger charge is 2.35. The van der Waals surface area contributed by atoms with Crippen LogP contribution in [0.15, 0.2) is 10.6 Å². The van der Waals surface area contributed by atoms with Gasteiger partial charge in [-0.15, -0.1) is 0 Å². The Morgan fingerprint density at radius 3 is 2.45 bits per heavy atom. The third kappa shape index (κ3) is 3.08. The molecule has 112 valence electrons. The van der Waals surface area contributed by atoms with Crippen molar-refractivity contribution in [2.45, 2.75) is 71.3 Å². The van der Waals surface area contributed by atoms with Gasteiger partial charge in [-0.1, -0.05) is 33.1 Å². The van der Waals surface area contributed by atoms with E-state index in [9.17, 15) is 0 Å². The van der Waals surface area contributed by atoms with Crippen LogP contribution in [0.4, 0.5) is 0 Å². The standard InChI is InChI=1S/C17H28N2O/c1-14(2)15-12-18-16(20-15)13-19-10-8-17(9-11-19)6-4-3-5-7-17/h12,14H,3-11,13H2,1-2H3. The highest BCUT2D eigenvalue weighted by molar-refractivity contribution is 4.99. The molecule has 1 aromatic heterocycles. The van der Waals surface area contributed by atoms with Crippen molar-refractivity contribution in [1.82, 2.24) is 9.88 Å². The highest BCUT2D eigenvalue weighted by Crippen LogP contribution is 2.44. The van der Waals surface area contributed by atoms with E-state index in [1.54, 1.807) is 0 Å². The molecule has 1 saturated carbocycles. The summed E-state index contributed by atoms with van der Waals surface area (Å²) in [7, 11) is 0. The largest absolute Gasteiger partial charge is 0.444 e. The number of rotatable bonds is 3. The van der Waals surface area contributed by atoms with Gasteiger partial charge in [0.2, 0.25) is 5.89 Å². The first-order chi connectivity index (χ1) is 9.67. The molecule has 1 aliphatic heterocycles. The highest BCUT2D eigenvalue weighted by atomic mass is 16.4. The number of hydrogen-bond donors (Lipinski definition) is 0. The number of aromatic nitrogens is 1. The van der Waals surface area contributed by atoms with Crippen molar-refractivity contribution in [3.63, 3.8) is 0 Å². The van der Waals surface area contributed by atoms with E-state index in [2.05, 4.69) is 23.7 Å². The SMILES string of the molecule is CC(C)c1cnc(CN2CCC3(CCCCC3)CC2)o1. The fourth-order valence-corrected chi connectivity index (χ4v) is 3.84. The Morgan fingerprint density at radius 1 is 1.15 bits per heavy atom. The summed E-state index contributed by atoms with van der Waals surface area (Å²) in [4.78, 5) is 6.95. The number of piperidine rings is 1. The second kappa shape index (κ2) is 5.88. The smallest absolute Gasteiger partial charge is 0.208 e. The van der Waals surface area contributed by atoms with Gasteiger partial charge in [0.1, 0.15) is 5.76 Å². The molecule has 3 nitrogen and oxygen atoms in total. The Balaban J connectivity index is 1.52. The quantitative estimate of drug-likeness (QED) is 0.822. The normalized spacial score (nSPS) is 23.6. The summed E-state index contributed by atoms with van der Waals surface area (Å²) in [5, 5.41) is 0. The zero-order valence-electron chi connectivity index (χ0n) is 13.0. The molecule has 0 unspecified atom stereocenters. The monoisotopic (exact) mass is 276 g/mol. The summed E-state index contributed by atoms with van der Waals surface area (Å²) in [5.74, 6) is 2.34. The van der Waals surface area contributed by atoms with Gasteiger partial charge in [0.05, 0.1) is 12.7 Å². The minimum Gasteiger partial charge on any atom is -0.444 e. The lowest BCUT2D eigenvalue weighted by atomic mass is 9.68. The Labute approximate surface area is 122 Å². The Bertz CT molecular complexity index is 422. The third-order valence-electron chi connectivity index (χ3n) is 5.33. The van der Waals surface area contributed by atoms with Gasteiger partial charge < -0.3 is 4.42 Å². The number of nitrogens with zero attached hydrogens (tertiary/aromatic N) is 2. The van der Waals surface area contributed by atoms with Gasteiger partial charge in [-0.25, -0.2) is 4.98 Å². The molecule has 1 aromatic rings. The third-order valence-corrected chi connectivity index (χ3v) is 5.33. The first-order valence-corrected chi connectivity index (χ1v) is 8.34. The first-order valence-electron chi connectivity index (χ1n) is 8.34. The maximum Gasteiger partial charge on any atom is 0.208 e. The van der Waals surface area contributed by atoms with Crippen LogP contribution in [0.1, 0.15) is 76.4 Å². The van der Waals surface area contributed by atoms with Crippen LogP contribution in [0.5, 0.6) is 0 Å². The molecular formula is C17H28N2O. The lowest BCUT2D eigenvalue weighted by Crippen LogP contribution is -2.40. The van der Waals surface area contributed by atoms with Gasteiger partial charge in [0, 0.05) is 5.92 Å². The van der Waals surface area contributed by atoms with Gasteiger partial charge in [-0.2, -0.15) is 0 Å². The molecule has 2 heterocycles. The minimum atomic E-state index is 0.433. The van der Waals surface area contributed by atoms with Gasteiger partial charge in [-0.05, 0) is 44.2 Å². The molecule has 1 spiro atoms. The van der Waals surface area contributed by atoms with Crippen molar-refractivity contribution in [2.24, 2.45) is 5.41 Å². The fraction of sp³-hybridized carbons (Fsp3) is 0.824. The second-order valence-electron chi connectivity index (χ2n) is 7.15. The molecule has 0 bridgehead atoms. The van der Waals surface area contributed by atoms with Crippen molar-refractivity contribution >= 4 is 0 Å². The van der Waals surface area contributed by atoms with Crippen LogP contribution in [0.2, 0.25) is 0 Å². The van der Waals surface area contributed by atoms with E-state index in [1.807, 2.05) is 6.20 Å². The van der Waals surface area contributed by atoms with Crippen LogP contribution in [-0.2, 0) is 6.54 Å². The zero-order valence-corrected chi connectivity index (χ0v) is 13.0. The molecule has 1 saturated heterocycles. The Kier molecular flexibility index (Phi) is 4.16. The number of oxazole rings is 1. The first kappa shape index (κ1) is 14.1. The summed E-state index contributed by atoms with van der Waals surface area (Å²) in [6, 6.07) is 0. The summed E-state index contributed by atoms with van der Waals surface area (Å²) in [6.45, 7) is 7.64. The van der Waals surface area contributed by atoms with Crippen molar-refractivity contribution < 1.29 is 4.42 Å². The molecular weight excluding hydrogens is 248 g/mol. The molecule has 3 heteroatoms. The second-order valence-corrected chi connectivity index (χ2v) is 7.15. The Hall–Kier alpha value is -0.830. The molecule has 20 heavy (non-hydrogen) atoms. The molecule has 0 N–H and O–H groups in total. The van der Waals surface area contributed by atoms with Crippen molar-refractivity contribution in [1.29, 1.82) is 0 Å². The maximum absolute atomic E-state index is 5.83. The summed E-state index contributed by atoms with van der Waals surface area (Å²) >= 11 is 0. The lowest BCUT2D eigenvalue weighted by Gasteiger charge is -2.44. The van der Waals surface area contributed by atoms with Crippen LogP contribution in [0.3, 0.4) is 0 Å². The zero-order chi connectivity index (χ0) is 14.0. The van der Waals surface area contributed by atoms with E-state index in [0.29, 0.717) is 11.3 Å². The maximum atomic E-state index is 5.83. The van der Waals surface area contributed by atoms with Crippen LogP contribution in [-0.4, -0.2) is 23.0 Å². The molecule has 0 amide bonds. The summed E-state index contributed by atoms with van der Waals surface area (Å²) in [5.41, 5.74) is 0.689. The van der Waals surface area contributed by atoms with Crippen LogP contribution >= 0.6 is 0 Å². The Morgan fingerprint density at radius 2 is 1.85 bits per heavy atom. The fourth-order valence-electron chi connectivity index (χ4n) is 3.84. The van der Waals surface area contributed by atoms with Gasteiger partial charge in [0.25, 0.3) is 0 Å². The van der Waals surface area contributed by atoms with Crippen LogP contribution in [0, 0.1) is 5.41 Å². The number of hydrogen-bond acceptors (Lipinski definition) is 3. The molecule has 0 radical (unpaired) electrons. The van der Waals surface area contributed by atoms with Crippen LogP contribution < -0.4 is 0 Å². The molecule has 0 aromatic carbocycles. The van der Waals surface area contributed by atoms with Gasteiger partial charge in [-0.3, -0.25) is 4.90 Å². The lowest BCUT2D eigenvalue weighted by molar-refractivity contribution is 0.0597. The number of likely N-dealkylation sites (tertiary alicyclic amines) is 1. The summed E-state index contributed by atoms with van der Waals surface area (Å²) in [6.07, 6.45) is 12.0. The van der Waals surface area contributed by atoms with E-state index in [-0.39, 0.29) is 0 Å². The van der Waals surface area contributed by atoms with Crippen molar-refractivity contribution in [3.8, 4) is 0 Å². The topological polar surface area (TPSA) is 29.3 Å². The predicted molar refractivity (Wildman–Crippen MR) is 80.6 cm³/mol. The molecule has 2 aliphatic rings. The average molecular weight is 276 g/mol. The van der Waals surface area contributed by atoms with Crippen LogP contribution in [0.25, 0.3) is 0 Å². The minimum absolute atomic E-state index is 0.433. The van der Waals surface area contributed by atoms with Gasteiger partial charge >= 0.3 is 0 Å². The molecule has 1 aliphatic carbocycles. The average Bonchev–Trinajstić information content (AvgIpc) is 2.92. The van der Waals surface area contributed by atoms with E-state index in [1.165, 1.54) is 58.0 Å². The van der Waals surface area contributed by atoms with Crippen molar-refractivity contribution in [3.05, 3.63) is 17.8 Å². The van der Waals surface area contributed by atoms with E-state index in [4.69, 9.17) is 4.42 Å². The van der Waals surface area contributed by atoms with Gasteiger partial charge in [0.15, 0.2) is 0 Å². The summed E-state index contributed by atoms with van der Waals surface area (Å²) < 4.78 is 5.83. The molecule has 3 rings (SSSR count). The molecule has 2 fully saturated rings. The van der Waals surface area contributed by atoms with E-state index < -0.39 is 0 Å². The van der Waals surface area contributed by atoms with E-state index >= 15 is 0 Å². The molecule has 0 atom stereocenters. The van der Waals surface area contributed by atoms with Crippen molar-refractivity contribution in [2.75, 3.05) is 13.1 Å². The predicted octanol–water partition coefficient (Wildman–Crippen LogP) is 4.34.